The zero-order valence-corrected chi connectivity index (χ0v) is 23.6. The molecule has 9 heteroatoms. The van der Waals surface area contributed by atoms with Gasteiger partial charge in [-0.1, -0.05) is 30.3 Å². The van der Waals surface area contributed by atoms with Crippen molar-refractivity contribution in [3.8, 4) is 34.5 Å². The van der Waals surface area contributed by atoms with Gasteiger partial charge in [-0.2, -0.15) is 10.4 Å². The number of likely N-dealkylation sites (tertiary alicyclic amines) is 1. The summed E-state index contributed by atoms with van der Waals surface area (Å²) in [7, 11) is 4.23. The SMILES string of the molecule is CN(C)CCN1CCC(COc2cnc(-c3cccc(Cn4nc(-c5cccc(C#N)c5)ccc4=O)c3)nc2)CC1. The van der Waals surface area contributed by atoms with Crippen LogP contribution in [0.1, 0.15) is 24.0 Å². The fraction of sp³-hybridized carbons (Fsp3) is 0.344. The lowest BCUT2D eigenvalue weighted by molar-refractivity contribution is 0.134. The van der Waals surface area contributed by atoms with Gasteiger partial charge in [0.1, 0.15) is 0 Å². The summed E-state index contributed by atoms with van der Waals surface area (Å²) in [6, 6.07) is 20.3. The van der Waals surface area contributed by atoms with E-state index in [1.165, 1.54) is 10.7 Å². The Balaban J connectivity index is 1.19. The Bertz CT molecular complexity index is 1550. The highest BCUT2D eigenvalue weighted by Gasteiger charge is 2.19. The Morgan fingerprint density at radius 1 is 1.00 bits per heavy atom. The molecule has 0 atom stereocenters. The van der Waals surface area contributed by atoms with E-state index in [0.717, 1.165) is 55.7 Å². The van der Waals surface area contributed by atoms with Gasteiger partial charge in [-0.3, -0.25) is 4.79 Å². The van der Waals surface area contributed by atoms with Gasteiger partial charge in [0.15, 0.2) is 11.6 Å². The van der Waals surface area contributed by atoms with Crippen molar-refractivity contribution >= 4 is 0 Å². The molecule has 1 aliphatic rings. The molecule has 210 valence electrons. The van der Waals surface area contributed by atoms with Gasteiger partial charge in [-0.25, -0.2) is 14.6 Å². The summed E-state index contributed by atoms with van der Waals surface area (Å²) in [5, 5.41) is 13.8. The molecular weight excluding hydrogens is 514 g/mol. The van der Waals surface area contributed by atoms with E-state index < -0.39 is 0 Å². The van der Waals surface area contributed by atoms with Crippen molar-refractivity contribution in [3.63, 3.8) is 0 Å². The predicted octanol–water partition coefficient (Wildman–Crippen LogP) is 3.94. The number of benzene rings is 2. The second-order valence-corrected chi connectivity index (χ2v) is 10.7. The van der Waals surface area contributed by atoms with E-state index in [2.05, 4.69) is 45.0 Å². The smallest absolute Gasteiger partial charge is 0.267 e. The molecule has 0 bridgehead atoms. The van der Waals surface area contributed by atoms with Crippen LogP contribution >= 0.6 is 0 Å². The summed E-state index contributed by atoms with van der Waals surface area (Å²) in [5.41, 5.74) is 3.51. The molecule has 9 nitrogen and oxygen atoms in total. The molecule has 0 spiro atoms. The van der Waals surface area contributed by atoms with E-state index in [1.807, 2.05) is 36.4 Å². The minimum atomic E-state index is -0.201. The maximum absolute atomic E-state index is 12.6. The van der Waals surface area contributed by atoms with Gasteiger partial charge < -0.3 is 14.5 Å². The average Bonchev–Trinajstić information content (AvgIpc) is 3.01. The molecule has 0 unspecified atom stereocenters. The van der Waals surface area contributed by atoms with E-state index in [0.29, 0.717) is 41.9 Å². The quantitative estimate of drug-likeness (QED) is 0.293. The molecular formula is C32H35N7O2. The zero-order chi connectivity index (χ0) is 28.6. The predicted molar refractivity (Wildman–Crippen MR) is 158 cm³/mol. The standard InChI is InChI=1S/C32H35N7O2/c1-37(2)15-16-38-13-11-24(12-14-38)23-41-29-20-34-32(35-21-29)28-8-4-6-26(18-28)22-39-31(40)10-9-30(36-39)27-7-3-5-25(17-27)19-33/h3-10,17-18,20-21,24H,11-16,22-23H2,1-2H3. The maximum Gasteiger partial charge on any atom is 0.267 e. The summed E-state index contributed by atoms with van der Waals surface area (Å²) in [4.78, 5) is 26.4. The molecule has 1 aliphatic heterocycles. The van der Waals surface area contributed by atoms with Gasteiger partial charge in [-0.15, -0.1) is 0 Å². The molecule has 0 amide bonds. The van der Waals surface area contributed by atoms with Crippen molar-refractivity contribution in [2.24, 2.45) is 5.92 Å². The Morgan fingerprint density at radius 3 is 2.51 bits per heavy atom. The summed E-state index contributed by atoms with van der Waals surface area (Å²) >= 11 is 0. The molecule has 3 heterocycles. The molecule has 5 rings (SSSR count). The lowest BCUT2D eigenvalue weighted by Gasteiger charge is -2.32. The van der Waals surface area contributed by atoms with Crippen LogP contribution in [0.15, 0.2) is 77.9 Å². The number of hydrogen-bond acceptors (Lipinski definition) is 8. The number of nitrogens with zero attached hydrogens (tertiary/aromatic N) is 7. The molecule has 0 N–H and O–H groups in total. The van der Waals surface area contributed by atoms with Crippen molar-refractivity contribution in [1.82, 2.24) is 29.5 Å². The Hall–Kier alpha value is -4.39. The van der Waals surface area contributed by atoms with Crippen molar-refractivity contribution < 1.29 is 4.74 Å². The van der Waals surface area contributed by atoms with E-state index >= 15 is 0 Å². The first-order chi connectivity index (χ1) is 20.0. The van der Waals surface area contributed by atoms with Gasteiger partial charge >= 0.3 is 0 Å². The van der Waals surface area contributed by atoms with Crippen molar-refractivity contribution in [1.29, 1.82) is 5.26 Å². The number of piperidine rings is 1. The molecule has 2 aromatic heterocycles. The molecule has 0 radical (unpaired) electrons. The van der Waals surface area contributed by atoms with E-state index in [9.17, 15) is 10.1 Å². The van der Waals surface area contributed by atoms with Crippen LogP contribution in [0.3, 0.4) is 0 Å². The second kappa shape index (κ2) is 13.3. The van der Waals surface area contributed by atoms with Gasteiger partial charge in [0.25, 0.3) is 5.56 Å². The molecule has 41 heavy (non-hydrogen) atoms. The zero-order valence-electron chi connectivity index (χ0n) is 23.6. The third-order valence-corrected chi connectivity index (χ3v) is 7.36. The van der Waals surface area contributed by atoms with Gasteiger partial charge in [-0.05, 0) is 75.8 Å². The minimum Gasteiger partial charge on any atom is -0.490 e. The fourth-order valence-corrected chi connectivity index (χ4v) is 4.92. The van der Waals surface area contributed by atoms with Gasteiger partial charge in [0.05, 0.1) is 42.9 Å². The molecule has 4 aromatic rings. The minimum absolute atomic E-state index is 0.201. The summed E-state index contributed by atoms with van der Waals surface area (Å²) in [6.45, 7) is 5.43. The summed E-state index contributed by atoms with van der Waals surface area (Å²) < 4.78 is 7.46. The van der Waals surface area contributed by atoms with E-state index in [-0.39, 0.29) is 5.56 Å². The number of hydrogen-bond donors (Lipinski definition) is 0. The monoisotopic (exact) mass is 549 g/mol. The Labute approximate surface area is 240 Å². The van der Waals surface area contributed by atoms with Crippen LogP contribution in [0.2, 0.25) is 0 Å². The largest absolute Gasteiger partial charge is 0.490 e. The number of nitriles is 1. The van der Waals surface area contributed by atoms with Crippen LogP contribution in [0.25, 0.3) is 22.6 Å². The van der Waals surface area contributed by atoms with Crippen LogP contribution in [-0.4, -0.2) is 76.4 Å². The van der Waals surface area contributed by atoms with Crippen LogP contribution in [0.4, 0.5) is 0 Å². The van der Waals surface area contributed by atoms with E-state index in [4.69, 9.17) is 4.74 Å². The Morgan fingerprint density at radius 2 is 1.76 bits per heavy atom. The number of likely N-dealkylation sites (N-methyl/N-ethyl adjacent to an activating group) is 1. The maximum atomic E-state index is 12.6. The third kappa shape index (κ3) is 7.63. The van der Waals surface area contributed by atoms with Crippen molar-refractivity contribution in [2.75, 3.05) is 46.9 Å². The molecule has 2 aromatic carbocycles. The second-order valence-electron chi connectivity index (χ2n) is 10.7. The highest BCUT2D eigenvalue weighted by molar-refractivity contribution is 5.60. The Kier molecular flexibility index (Phi) is 9.14. The first kappa shape index (κ1) is 28.1. The highest BCUT2D eigenvalue weighted by Crippen LogP contribution is 2.22. The lowest BCUT2D eigenvalue weighted by Crippen LogP contribution is -2.39. The number of rotatable bonds is 10. The van der Waals surface area contributed by atoms with Crippen LogP contribution < -0.4 is 10.3 Å². The molecule has 1 fully saturated rings. The number of aromatic nitrogens is 4. The lowest BCUT2D eigenvalue weighted by atomic mass is 9.98. The summed E-state index contributed by atoms with van der Waals surface area (Å²) in [6.07, 6.45) is 5.75. The molecule has 1 saturated heterocycles. The number of ether oxygens (including phenoxy) is 1. The average molecular weight is 550 g/mol. The van der Waals surface area contributed by atoms with Crippen LogP contribution in [-0.2, 0) is 6.54 Å². The van der Waals surface area contributed by atoms with Crippen molar-refractivity contribution in [3.05, 3.63) is 94.5 Å². The van der Waals surface area contributed by atoms with Crippen LogP contribution in [0.5, 0.6) is 5.75 Å². The fourth-order valence-electron chi connectivity index (χ4n) is 4.92. The third-order valence-electron chi connectivity index (χ3n) is 7.36. The summed E-state index contributed by atoms with van der Waals surface area (Å²) in [5.74, 6) is 1.82. The highest BCUT2D eigenvalue weighted by atomic mass is 16.5. The van der Waals surface area contributed by atoms with Crippen LogP contribution in [0, 0.1) is 17.2 Å². The first-order valence-electron chi connectivity index (χ1n) is 14.0. The molecule has 0 saturated carbocycles. The normalized spacial score (nSPS) is 14.2. The molecule has 0 aliphatic carbocycles. The van der Waals surface area contributed by atoms with Gasteiger partial charge in [0.2, 0.25) is 0 Å². The topological polar surface area (TPSA) is 100 Å². The van der Waals surface area contributed by atoms with Gasteiger partial charge in [0, 0.05) is 30.3 Å². The van der Waals surface area contributed by atoms with E-state index in [1.54, 1.807) is 30.6 Å². The first-order valence-corrected chi connectivity index (χ1v) is 14.0. The van der Waals surface area contributed by atoms with Crippen molar-refractivity contribution in [2.45, 2.75) is 19.4 Å².